The van der Waals surface area contributed by atoms with Gasteiger partial charge < -0.3 is 19.9 Å². The number of ether oxygens (including phenoxy) is 1. The Hall–Kier alpha value is -2.91. The number of cyclic esters (lactones) is 1. The molecule has 2 heterocycles. The minimum atomic E-state index is -0.788. The Balaban J connectivity index is 1.73. The van der Waals surface area contributed by atoms with E-state index >= 15 is 0 Å². The summed E-state index contributed by atoms with van der Waals surface area (Å²) >= 11 is 0. The zero-order valence-corrected chi connectivity index (χ0v) is 15.7. The number of halogens is 2. The molecule has 2 aliphatic heterocycles. The lowest BCUT2D eigenvalue weighted by Crippen LogP contribution is -2.48. The molecule has 3 rings (SSSR count). The Morgan fingerprint density at radius 3 is 2.29 bits per heavy atom. The molecule has 28 heavy (non-hydrogen) atoms. The zero-order chi connectivity index (χ0) is 20.4. The first-order valence-electron chi connectivity index (χ1n) is 8.98. The summed E-state index contributed by atoms with van der Waals surface area (Å²) in [6, 6.07) is 2.19. The van der Waals surface area contributed by atoms with E-state index in [4.69, 9.17) is 4.74 Å². The molecule has 0 aromatic heterocycles. The van der Waals surface area contributed by atoms with Gasteiger partial charge in [0.1, 0.15) is 11.8 Å². The van der Waals surface area contributed by atoms with E-state index in [1.165, 1.54) is 13.8 Å². The quantitative estimate of drug-likeness (QED) is 0.824. The molecule has 8 nitrogen and oxygen atoms in total. The summed E-state index contributed by atoms with van der Waals surface area (Å²) in [6.07, 6.45) is -1.32. The van der Waals surface area contributed by atoms with Gasteiger partial charge in [0.25, 0.3) is 0 Å². The monoisotopic (exact) mass is 396 g/mol. The summed E-state index contributed by atoms with van der Waals surface area (Å²) in [5.41, 5.74) is -0.120. The molecule has 2 aliphatic rings. The van der Waals surface area contributed by atoms with E-state index in [1.807, 2.05) is 0 Å². The molecule has 10 heteroatoms. The average Bonchev–Trinajstić information content (AvgIpc) is 3.00. The summed E-state index contributed by atoms with van der Waals surface area (Å²) in [4.78, 5) is 38.7. The fourth-order valence-corrected chi connectivity index (χ4v) is 3.35. The maximum absolute atomic E-state index is 14.7. The van der Waals surface area contributed by atoms with Crippen molar-refractivity contribution in [3.8, 4) is 0 Å². The number of rotatable bonds is 4. The maximum Gasteiger partial charge on any atom is 0.414 e. The highest BCUT2D eigenvalue weighted by atomic mass is 19.1. The van der Waals surface area contributed by atoms with Crippen LogP contribution in [-0.2, 0) is 14.3 Å². The second-order valence-electron chi connectivity index (χ2n) is 6.80. The molecule has 1 aromatic rings. The van der Waals surface area contributed by atoms with Gasteiger partial charge in [0.2, 0.25) is 11.8 Å². The summed E-state index contributed by atoms with van der Waals surface area (Å²) < 4.78 is 34.5. The van der Waals surface area contributed by atoms with E-state index < -0.39 is 23.8 Å². The predicted molar refractivity (Wildman–Crippen MR) is 97.1 cm³/mol. The molecule has 2 saturated heterocycles. The molecule has 0 saturated carbocycles. The summed E-state index contributed by atoms with van der Waals surface area (Å²) in [5, 5.41) is 2.54. The SMILES string of the molecule is CC(=O)NCC1CN(c2cc(F)c(N3CCN(C(C)=O)CC3)c(F)c2)C(=O)O1. The van der Waals surface area contributed by atoms with Crippen LogP contribution in [0, 0.1) is 11.6 Å². The van der Waals surface area contributed by atoms with Crippen LogP contribution >= 0.6 is 0 Å². The van der Waals surface area contributed by atoms with Crippen LogP contribution in [-0.4, -0.2) is 68.2 Å². The molecule has 1 atom stereocenters. The van der Waals surface area contributed by atoms with Gasteiger partial charge in [0, 0.05) is 52.2 Å². The van der Waals surface area contributed by atoms with Crippen LogP contribution in [0.25, 0.3) is 0 Å². The fraction of sp³-hybridized carbons (Fsp3) is 0.500. The normalized spacial score (nSPS) is 19.6. The molecule has 1 N–H and O–H groups in total. The van der Waals surface area contributed by atoms with Crippen LogP contribution in [0.1, 0.15) is 13.8 Å². The number of hydrogen-bond acceptors (Lipinski definition) is 5. The lowest BCUT2D eigenvalue weighted by atomic mass is 10.2. The zero-order valence-electron chi connectivity index (χ0n) is 15.7. The third-order valence-electron chi connectivity index (χ3n) is 4.81. The van der Waals surface area contributed by atoms with Crippen LogP contribution in [0.5, 0.6) is 0 Å². The van der Waals surface area contributed by atoms with E-state index in [0.29, 0.717) is 26.2 Å². The first-order chi connectivity index (χ1) is 13.3. The van der Waals surface area contributed by atoms with Crippen molar-refractivity contribution in [2.45, 2.75) is 20.0 Å². The highest BCUT2D eigenvalue weighted by molar-refractivity contribution is 5.90. The van der Waals surface area contributed by atoms with Gasteiger partial charge in [-0.2, -0.15) is 0 Å². The largest absolute Gasteiger partial charge is 0.442 e. The van der Waals surface area contributed by atoms with Crippen LogP contribution in [0.4, 0.5) is 25.0 Å². The summed E-state index contributed by atoms with van der Waals surface area (Å²) in [6.45, 7) is 4.41. The second-order valence-corrected chi connectivity index (χ2v) is 6.80. The number of carbonyl (C=O) groups is 3. The van der Waals surface area contributed by atoms with Gasteiger partial charge in [-0.15, -0.1) is 0 Å². The number of amides is 3. The molecule has 0 aliphatic carbocycles. The van der Waals surface area contributed by atoms with Gasteiger partial charge in [-0.3, -0.25) is 14.5 Å². The lowest BCUT2D eigenvalue weighted by Gasteiger charge is -2.36. The number of piperazine rings is 1. The van der Waals surface area contributed by atoms with Crippen molar-refractivity contribution in [3.63, 3.8) is 0 Å². The number of nitrogens with zero attached hydrogens (tertiary/aromatic N) is 3. The van der Waals surface area contributed by atoms with E-state index in [9.17, 15) is 23.2 Å². The highest BCUT2D eigenvalue weighted by Gasteiger charge is 2.34. The maximum atomic E-state index is 14.7. The first-order valence-corrected chi connectivity index (χ1v) is 8.98. The van der Waals surface area contributed by atoms with Crippen LogP contribution in [0.15, 0.2) is 12.1 Å². The summed E-state index contributed by atoms with van der Waals surface area (Å²) in [5.74, 6) is -1.91. The van der Waals surface area contributed by atoms with Gasteiger partial charge in [-0.1, -0.05) is 0 Å². The molecule has 0 spiro atoms. The predicted octanol–water partition coefficient (Wildman–Crippen LogP) is 1.09. The molecule has 1 unspecified atom stereocenters. The van der Waals surface area contributed by atoms with Crippen LogP contribution in [0.2, 0.25) is 0 Å². The summed E-state index contributed by atoms with van der Waals surface area (Å²) in [7, 11) is 0. The topological polar surface area (TPSA) is 82.2 Å². The first kappa shape index (κ1) is 19.8. The van der Waals surface area contributed by atoms with Crippen LogP contribution < -0.4 is 15.1 Å². The molecule has 2 fully saturated rings. The Labute approximate surface area is 161 Å². The number of hydrogen-bond donors (Lipinski definition) is 1. The minimum absolute atomic E-state index is 0.0523. The number of anilines is 2. The number of carbonyl (C=O) groups excluding carboxylic acids is 3. The van der Waals surface area contributed by atoms with Gasteiger partial charge in [0.15, 0.2) is 11.6 Å². The van der Waals surface area contributed by atoms with Gasteiger partial charge in [0.05, 0.1) is 18.8 Å². The Morgan fingerprint density at radius 2 is 1.75 bits per heavy atom. The lowest BCUT2D eigenvalue weighted by molar-refractivity contribution is -0.129. The number of benzene rings is 1. The second kappa shape index (κ2) is 7.99. The van der Waals surface area contributed by atoms with Crippen molar-refractivity contribution >= 4 is 29.3 Å². The molecule has 152 valence electrons. The number of nitrogens with one attached hydrogen (secondary N) is 1. The van der Waals surface area contributed by atoms with Gasteiger partial charge in [-0.05, 0) is 0 Å². The van der Waals surface area contributed by atoms with E-state index in [1.54, 1.807) is 9.80 Å². The molecule has 1 aromatic carbocycles. The third kappa shape index (κ3) is 4.15. The van der Waals surface area contributed by atoms with Crippen molar-refractivity contribution in [1.29, 1.82) is 0 Å². The van der Waals surface area contributed by atoms with E-state index in [2.05, 4.69) is 5.32 Å². The van der Waals surface area contributed by atoms with E-state index in [-0.39, 0.29) is 36.3 Å². The van der Waals surface area contributed by atoms with Crippen molar-refractivity contribution in [2.75, 3.05) is 49.1 Å². The minimum Gasteiger partial charge on any atom is -0.442 e. The molecular formula is C18H22F2N4O4. The average molecular weight is 396 g/mol. The standard InChI is InChI=1S/C18H22F2N4O4/c1-11(25)21-9-14-10-24(18(27)28-14)13-7-15(19)17(16(20)8-13)23-5-3-22(4-6-23)12(2)26/h7-8,14H,3-6,9-10H2,1-2H3,(H,21,25). The van der Waals surface area contributed by atoms with E-state index in [0.717, 1.165) is 17.0 Å². The molecule has 3 amide bonds. The van der Waals surface area contributed by atoms with Crippen molar-refractivity contribution in [1.82, 2.24) is 10.2 Å². The van der Waals surface area contributed by atoms with Crippen LogP contribution in [0.3, 0.4) is 0 Å². The van der Waals surface area contributed by atoms with Gasteiger partial charge in [-0.25, -0.2) is 13.6 Å². The van der Waals surface area contributed by atoms with Crippen molar-refractivity contribution < 1.29 is 27.9 Å². The molecular weight excluding hydrogens is 374 g/mol. The fourth-order valence-electron chi connectivity index (χ4n) is 3.35. The third-order valence-corrected chi connectivity index (χ3v) is 4.81. The molecule has 0 bridgehead atoms. The Morgan fingerprint density at radius 1 is 1.14 bits per heavy atom. The Bertz CT molecular complexity index is 773. The Kier molecular flexibility index (Phi) is 5.66. The molecule has 0 radical (unpaired) electrons. The van der Waals surface area contributed by atoms with Crippen molar-refractivity contribution in [3.05, 3.63) is 23.8 Å². The smallest absolute Gasteiger partial charge is 0.414 e. The van der Waals surface area contributed by atoms with Gasteiger partial charge >= 0.3 is 6.09 Å². The highest BCUT2D eigenvalue weighted by Crippen LogP contribution is 2.31. The van der Waals surface area contributed by atoms with Crippen molar-refractivity contribution in [2.24, 2.45) is 0 Å².